The molecule has 0 saturated carbocycles. The molecule has 7 nitrogen and oxygen atoms in total. The zero-order valence-corrected chi connectivity index (χ0v) is 17.9. The number of aliphatic hydroxyl groups excluding tert-OH is 1. The average Bonchev–Trinajstić information content (AvgIpc) is 3.03. The third kappa shape index (κ3) is 4.30. The lowest BCUT2D eigenvalue weighted by Gasteiger charge is -2.27. The van der Waals surface area contributed by atoms with Gasteiger partial charge in [0.1, 0.15) is 5.75 Å². The number of amides is 1. The lowest BCUT2D eigenvalue weighted by Crippen LogP contribution is -2.31. The molecule has 1 atom stereocenters. The number of nitrogens with zero attached hydrogens (tertiary/aromatic N) is 1. The number of carbonyl (C=O) groups excluding carboxylic acids is 3. The van der Waals surface area contributed by atoms with Gasteiger partial charge in [0.15, 0.2) is 11.5 Å². The Labute approximate surface area is 180 Å². The number of aliphatic hydroxyl groups is 1. The maximum Gasteiger partial charge on any atom is 0.337 e. The first-order valence-corrected chi connectivity index (χ1v) is 9.90. The minimum atomic E-state index is -0.798. The monoisotopic (exact) mass is 423 g/mol. The summed E-state index contributed by atoms with van der Waals surface area (Å²) in [6.07, 6.45) is 0.203. The molecule has 0 aliphatic carbocycles. The van der Waals surface area contributed by atoms with E-state index in [0.717, 1.165) is 0 Å². The van der Waals surface area contributed by atoms with E-state index in [1.54, 1.807) is 43.5 Å². The number of anilines is 1. The number of carbonyl (C=O) groups is 3. The number of methoxy groups -OCH3 is 2. The van der Waals surface area contributed by atoms with Crippen LogP contribution in [0.1, 0.15) is 42.2 Å². The van der Waals surface area contributed by atoms with Gasteiger partial charge < -0.3 is 14.6 Å². The Morgan fingerprint density at radius 1 is 1.03 bits per heavy atom. The summed E-state index contributed by atoms with van der Waals surface area (Å²) in [5, 5.41) is 10.7. The molecule has 0 radical (unpaired) electrons. The Balaban J connectivity index is 2.09. The summed E-state index contributed by atoms with van der Waals surface area (Å²) >= 11 is 0. The molecule has 1 aliphatic rings. The van der Waals surface area contributed by atoms with Gasteiger partial charge in [-0.1, -0.05) is 26.0 Å². The molecule has 1 aliphatic heterocycles. The third-order valence-electron chi connectivity index (χ3n) is 5.10. The molecule has 0 fully saturated rings. The van der Waals surface area contributed by atoms with Crippen LogP contribution in [0.3, 0.4) is 0 Å². The summed E-state index contributed by atoms with van der Waals surface area (Å²) in [4.78, 5) is 39.1. The topological polar surface area (TPSA) is 93.1 Å². The lowest BCUT2D eigenvalue weighted by molar-refractivity contribution is -0.118. The SMILES string of the molecule is COC(=O)c1ccc(N2C(=O)C(O)=C(C(=O)CC(C)C)C2c2ccc(OC)cc2)cc1. The van der Waals surface area contributed by atoms with Gasteiger partial charge in [-0.05, 0) is 47.9 Å². The van der Waals surface area contributed by atoms with Gasteiger partial charge in [-0.25, -0.2) is 4.79 Å². The maximum atomic E-state index is 13.0. The minimum absolute atomic E-state index is 0.0628. The summed E-state index contributed by atoms with van der Waals surface area (Å²) in [7, 11) is 2.83. The molecule has 0 saturated heterocycles. The van der Waals surface area contributed by atoms with E-state index in [2.05, 4.69) is 0 Å². The molecular formula is C24H25NO6. The number of esters is 1. The molecule has 1 amide bonds. The van der Waals surface area contributed by atoms with E-state index in [-0.39, 0.29) is 23.7 Å². The highest BCUT2D eigenvalue weighted by atomic mass is 16.5. The highest BCUT2D eigenvalue weighted by molar-refractivity contribution is 6.16. The fraction of sp³-hybridized carbons (Fsp3) is 0.292. The number of rotatable bonds is 7. The van der Waals surface area contributed by atoms with Crippen molar-refractivity contribution in [2.75, 3.05) is 19.1 Å². The van der Waals surface area contributed by atoms with E-state index in [1.807, 2.05) is 13.8 Å². The Morgan fingerprint density at radius 3 is 2.16 bits per heavy atom. The van der Waals surface area contributed by atoms with E-state index in [1.165, 1.54) is 24.1 Å². The van der Waals surface area contributed by atoms with Crippen molar-refractivity contribution in [3.8, 4) is 5.75 Å². The van der Waals surface area contributed by atoms with Crippen molar-refractivity contribution in [1.29, 1.82) is 0 Å². The van der Waals surface area contributed by atoms with Gasteiger partial charge in [-0.2, -0.15) is 0 Å². The van der Waals surface area contributed by atoms with Crippen LogP contribution in [-0.4, -0.2) is 37.0 Å². The van der Waals surface area contributed by atoms with Gasteiger partial charge in [0.05, 0.1) is 31.4 Å². The summed E-state index contributed by atoms with van der Waals surface area (Å²) < 4.78 is 9.92. The summed E-state index contributed by atoms with van der Waals surface area (Å²) in [5.41, 5.74) is 1.49. The number of ether oxygens (including phenoxy) is 2. The first kappa shape index (κ1) is 22.1. The minimum Gasteiger partial charge on any atom is -0.503 e. The fourth-order valence-corrected chi connectivity index (χ4v) is 3.61. The average molecular weight is 423 g/mol. The lowest BCUT2D eigenvalue weighted by atomic mass is 9.92. The molecule has 162 valence electrons. The first-order valence-electron chi connectivity index (χ1n) is 9.90. The second kappa shape index (κ2) is 9.04. The predicted octanol–water partition coefficient (Wildman–Crippen LogP) is 4.00. The second-order valence-corrected chi connectivity index (χ2v) is 7.67. The van der Waals surface area contributed by atoms with Crippen molar-refractivity contribution in [3.05, 3.63) is 71.0 Å². The van der Waals surface area contributed by atoms with E-state index < -0.39 is 23.7 Å². The molecule has 2 aromatic carbocycles. The Morgan fingerprint density at radius 2 is 1.65 bits per heavy atom. The number of hydrogen-bond donors (Lipinski definition) is 1. The van der Waals surface area contributed by atoms with E-state index in [4.69, 9.17) is 9.47 Å². The zero-order valence-electron chi connectivity index (χ0n) is 17.9. The second-order valence-electron chi connectivity index (χ2n) is 7.67. The maximum absolute atomic E-state index is 13.0. The van der Waals surface area contributed by atoms with Crippen molar-refractivity contribution >= 4 is 23.3 Å². The van der Waals surface area contributed by atoms with Crippen LogP contribution in [0.25, 0.3) is 0 Å². The highest BCUT2D eigenvalue weighted by Crippen LogP contribution is 2.42. The summed E-state index contributed by atoms with van der Waals surface area (Å²) in [6.45, 7) is 3.80. The number of hydrogen-bond acceptors (Lipinski definition) is 6. The fourth-order valence-electron chi connectivity index (χ4n) is 3.61. The largest absolute Gasteiger partial charge is 0.503 e. The first-order chi connectivity index (χ1) is 14.8. The normalized spacial score (nSPS) is 16.1. The van der Waals surface area contributed by atoms with Crippen LogP contribution in [0.15, 0.2) is 59.9 Å². The van der Waals surface area contributed by atoms with Gasteiger partial charge in [-0.15, -0.1) is 0 Å². The van der Waals surface area contributed by atoms with Crippen molar-refractivity contribution in [1.82, 2.24) is 0 Å². The number of benzene rings is 2. The molecule has 0 bridgehead atoms. The standard InChI is InChI=1S/C24H25NO6/c1-14(2)13-19(26)20-21(15-7-11-18(30-3)12-8-15)25(23(28)22(20)27)17-9-5-16(6-10-17)24(29)31-4/h5-12,14,21,27H,13H2,1-4H3. The molecule has 1 heterocycles. The molecular weight excluding hydrogens is 398 g/mol. The van der Waals surface area contributed by atoms with Gasteiger partial charge >= 0.3 is 5.97 Å². The summed E-state index contributed by atoms with van der Waals surface area (Å²) in [5.74, 6) is -1.31. The van der Waals surface area contributed by atoms with Gasteiger partial charge in [0.25, 0.3) is 5.91 Å². The Kier molecular flexibility index (Phi) is 6.44. The van der Waals surface area contributed by atoms with Crippen molar-refractivity contribution < 1.29 is 29.0 Å². The number of Topliss-reactive ketones (excluding diaryl/α,β-unsaturated/α-hetero) is 1. The Hall–Kier alpha value is -3.61. The molecule has 0 spiro atoms. The van der Waals surface area contributed by atoms with Crippen molar-refractivity contribution in [2.45, 2.75) is 26.3 Å². The van der Waals surface area contributed by atoms with Gasteiger partial charge in [-0.3, -0.25) is 14.5 Å². The molecule has 0 aromatic heterocycles. The van der Waals surface area contributed by atoms with Crippen molar-refractivity contribution in [3.63, 3.8) is 0 Å². The molecule has 3 rings (SSSR count). The third-order valence-corrected chi connectivity index (χ3v) is 5.10. The smallest absolute Gasteiger partial charge is 0.337 e. The Bertz CT molecular complexity index is 1020. The van der Waals surface area contributed by atoms with E-state index in [0.29, 0.717) is 22.6 Å². The quantitative estimate of drug-likeness (QED) is 0.677. The zero-order chi connectivity index (χ0) is 22.7. The molecule has 31 heavy (non-hydrogen) atoms. The predicted molar refractivity (Wildman–Crippen MR) is 115 cm³/mol. The van der Waals surface area contributed by atoms with Crippen molar-refractivity contribution in [2.24, 2.45) is 5.92 Å². The molecule has 2 aromatic rings. The van der Waals surface area contributed by atoms with Crippen LogP contribution in [0.5, 0.6) is 5.75 Å². The molecule has 1 N–H and O–H groups in total. The molecule has 7 heteroatoms. The van der Waals surface area contributed by atoms with Crippen LogP contribution >= 0.6 is 0 Å². The van der Waals surface area contributed by atoms with Crippen LogP contribution in [0.4, 0.5) is 5.69 Å². The van der Waals surface area contributed by atoms with Crippen LogP contribution < -0.4 is 9.64 Å². The molecule has 1 unspecified atom stereocenters. The van der Waals surface area contributed by atoms with Crippen LogP contribution in [-0.2, 0) is 14.3 Å². The van der Waals surface area contributed by atoms with Crippen LogP contribution in [0.2, 0.25) is 0 Å². The van der Waals surface area contributed by atoms with E-state index >= 15 is 0 Å². The summed E-state index contributed by atoms with van der Waals surface area (Å²) in [6, 6.07) is 12.4. The van der Waals surface area contributed by atoms with Gasteiger partial charge in [0.2, 0.25) is 0 Å². The highest BCUT2D eigenvalue weighted by Gasteiger charge is 2.44. The van der Waals surface area contributed by atoms with E-state index in [9.17, 15) is 19.5 Å². The van der Waals surface area contributed by atoms with Gasteiger partial charge in [0, 0.05) is 12.1 Å². The van der Waals surface area contributed by atoms with Crippen LogP contribution in [0, 0.1) is 5.92 Å². The number of ketones is 1.